The van der Waals surface area contributed by atoms with Gasteiger partial charge in [-0.25, -0.2) is 16.8 Å². The molecule has 1 aromatic carbocycles. The fourth-order valence-corrected chi connectivity index (χ4v) is 6.08. The highest BCUT2D eigenvalue weighted by molar-refractivity contribution is 7.91. The molecule has 0 bridgehead atoms. The molecule has 28 heavy (non-hydrogen) atoms. The van der Waals surface area contributed by atoms with E-state index in [-0.39, 0.29) is 4.90 Å². The monoisotopic (exact) mass is 436 g/mol. The molecule has 6 nitrogen and oxygen atoms in total. The van der Waals surface area contributed by atoms with Crippen LogP contribution in [0.25, 0.3) is 0 Å². The molecule has 0 aromatic heterocycles. The van der Waals surface area contributed by atoms with Gasteiger partial charge in [-0.05, 0) is 43.0 Å². The molecule has 0 radical (unpaired) electrons. The predicted octanol–water partition coefficient (Wildman–Crippen LogP) is 2.57. The minimum Gasteiger partial charge on any atom is -0.300 e. The number of alkyl halides is 2. The van der Waals surface area contributed by atoms with Crippen LogP contribution in [-0.2, 0) is 19.9 Å². The second-order valence-corrected chi connectivity index (χ2v) is 11.3. The molecule has 0 N–H and O–H groups in total. The summed E-state index contributed by atoms with van der Waals surface area (Å²) in [5.74, 6) is -2.84. The van der Waals surface area contributed by atoms with Crippen molar-refractivity contribution in [2.24, 2.45) is 5.92 Å². The van der Waals surface area contributed by atoms with Crippen LogP contribution in [0.1, 0.15) is 32.1 Å². The van der Waals surface area contributed by atoms with Gasteiger partial charge in [0.15, 0.2) is 0 Å². The smallest absolute Gasteiger partial charge is 0.300 e. The maximum Gasteiger partial charge on any atom is 0.341 e. The average molecular weight is 437 g/mol. The summed E-state index contributed by atoms with van der Waals surface area (Å²) in [7, 11) is -8.51. The summed E-state index contributed by atoms with van der Waals surface area (Å²) >= 11 is 0. The molecule has 2 aliphatic rings. The Balaban J connectivity index is 1.62. The van der Waals surface area contributed by atoms with Gasteiger partial charge in [0.2, 0.25) is 19.9 Å². The van der Waals surface area contributed by atoms with Gasteiger partial charge in [-0.3, -0.25) is 0 Å². The van der Waals surface area contributed by atoms with Crippen LogP contribution in [-0.4, -0.2) is 64.5 Å². The Morgan fingerprint density at radius 1 is 0.857 bits per heavy atom. The van der Waals surface area contributed by atoms with E-state index in [2.05, 4.69) is 4.90 Å². The highest BCUT2D eigenvalue weighted by Gasteiger charge is 2.31. The van der Waals surface area contributed by atoms with Crippen molar-refractivity contribution in [2.45, 2.75) is 47.7 Å². The predicted molar refractivity (Wildman–Crippen MR) is 101 cm³/mol. The first kappa shape index (κ1) is 21.6. The van der Waals surface area contributed by atoms with E-state index in [1.165, 1.54) is 36.4 Å². The van der Waals surface area contributed by atoms with Crippen molar-refractivity contribution in [3.63, 3.8) is 0 Å². The Labute approximate surface area is 165 Å². The summed E-state index contributed by atoms with van der Waals surface area (Å²) < 4.78 is 75.1. The van der Waals surface area contributed by atoms with E-state index in [9.17, 15) is 25.6 Å². The van der Waals surface area contributed by atoms with Crippen molar-refractivity contribution in [2.75, 3.05) is 32.7 Å². The normalized spacial score (nSPS) is 21.2. The highest BCUT2D eigenvalue weighted by atomic mass is 32.2. The third-order valence-corrected chi connectivity index (χ3v) is 8.91. The molecule has 1 aliphatic heterocycles. The Bertz CT molecular complexity index is 859. The summed E-state index contributed by atoms with van der Waals surface area (Å²) in [5.41, 5.74) is 0. The van der Waals surface area contributed by atoms with Crippen molar-refractivity contribution < 1.29 is 25.6 Å². The summed E-state index contributed by atoms with van der Waals surface area (Å²) in [6.07, 6.45) is 6.34. The number of sulfone groups is 1. The van der Waals surface area contributed by atoms with E-state index in [1.54, 1.807) is 0 Å². The van der Waals surface area contributed by atoms with Crippen molar-refractivity contribution in [3.05, 3.63) is 24.3 Å². The van der Waals surface area contributed by atoms with Gasteiger partial charge in [-0.1, -0.05) is 19.3 Å². The van der Waals surface area contributed by atoms with E-state index in [1.807, 2.05) is 0 Å². The zero-order chi connectivity index (χ0) is 20.4. The van der Waals surface area contributed by atoms with Crippen LogP contribution >= 0.6 is 0 Å². The fourth-order valence-electron chi connectivity index (χ4n) is 3.94. The molecule has 1 saturated carbocycles. The van der Waals surface area contributed by atoms with Crippen molar-refractivity contribution in [3.8, 4) is 0 Å². The quantitative estimate of drug-likeness (QED) is 0.685. The van der Waals surface area contributed by atoms with Crippen LogP contribution in [0.3, 0.4) is 0 Å². The molecule has 2 fully saturated rings. The van der Waals surface area contributed by atoms with Crippen LogP contribution in [0, 0.1) is 5.92 Å². The number of nitrogens with zero attached hydrogens (tertiary/aromatic N) is 2. The van der Waals surface area contributed by atoms with Gasteiger partial charge in [0.1, 0.15) is 0 Å². The lowest BCUT2D eigenvalue weighted by molar-refractivity contribution is 0.150. The summed E-state index contributed by atoms with van der Waals surface area (Å²) in [6, 6.07) is 4.01. The third kappa shape index (κ3) is 4.72. The SMILES string of the molecule is O=S(=O)(c1ccc(S(=O)(=O)N2CCN(CC3CCCCC3)CC2)cc1)C(F)F. The second-order valence-electron chi connectivity index (χ2n) is 7.49. The van der Waals surface area contributed by atoms with E-state index < -0.39 is 30.5 Å². The Kier molecular flexibility index (Phi) is 6.73. The van der Waals surface area contributed by atoms with Gasteiger partial charge >= 0.3 is 5.76 Å². The Morgan fingerprint density at radius 3 is 1.93 bits per heavy atom. The maximum atomic E-state index is 12.8. The van der Waals surface area contributed by atoms with Crippen LogP contribution in [0.15, 0.2) is 34.1 Å². The van der Waals surface area contributed by atoms with Crippen LogP contribution < -0.4 is 0 Å². The van der Waals surface area contributed by atoms with Crippen LogP contribution in [0.2, 0.25) is 0 Å². The minimum absolute atomic E-state index is 0.0820. The first-order valence-corrected chi connectivity index (χ1v) is 12.5. The highest BCUT2D eigenvalue weighted by Crippen LogP contribution is 2.26. The van der Waals surface area contributed by atoms with Gasteiger partial charge in [-0.15, -0.1) is 0 Å². The van der Waals surface area contributed by atoms with Crippen molar-refractivity contribution in [1.82, 2.24) is 9.21 Å². The Morgan fingerprint density at radius 2 is 1.39 bits per heavy atom. The fraction of sp³-hybridized carbons (Fsp3) is 0.667. The first-order chi connectivity index (χ1) is 13.2. The van der Waals surface area contributed by atoms with Gasteiger partial charge < -0.3 is 4.90 Å². The number of benzene rings is 1. The molecular formula is C18H26F2N2O4S2. The molecule has 1 heterocycles. The molecule has 1 aromatic rings. The Hall–Kier alpha value is -1.10. The molecule has 0 unspecified atom stereocenters. The summed E-state index contributed by atoms with van der Waals surface area (Å²) in [4.78, 5) is 1.64. The summed E-state index contributed by atoms with van der Waals surface area (Å²) in [5, 5.41) is 0. The summed E-state index contributed by atoms with van der Waals surface area (Å²) in [6.45, 7) is 3.06. The van der Waals surface area contributed by atoms with E-state index in [0.29, 0.717) is 32.1 Å². The number of piperazine rings is 1. The molecule has 3 rings (SSSR count). The van der Waals surface area contributed by atoms with Gasteiger partial charge in [0, 0.05) is 32.7 Å². The van der Waals surface area contributed by atoms with Crippen LogP contribution in [0.5, 0.6) is 0 Å². The lowest BCUT2D eigenvalue weighted by Crippen LogP contribution is -2.49. The van der Waals surface area contributed by atoms with Crippen molar-refractivity contribution >= 4 is 19.9 Å². The van der Waals surface area contributed by atoms with Gasteiger partial charge in [0.25, 0.3) is 0 Å². The minimum atomic E-state index is -4.73. The molecule has 0 atom stereocenters. The number of hydrogen-bond donors (Lipinski definition) is 0. The lowest BCUT2D eigenvalue weighted by atomic mass is 9.89. The molecule has 0 spiro atoms. The number of sulfonamides is 1. The number of rotatable bonds is 6. The average Bonchev–Trinajstić information content (AvgIpc) is 2.69. The largest absolute Gasteiger partial charge is 0.341 e. The second kappa shape index (κ2) is 8.73. The molecule has 10 heteroatoms. The first-order valence-electron chi connectivity index (χ1n) is 9.56. The molecule has 1 saturated heterocycles. The molecule has 0 amide bonds. The molecular weight excluding hydrogens is 410 g/mol. The van der Waals surface area contributed by atoms with Gasteiger partial charge in [0.05, 0.1) is 9.79 Å². The topological polar surface area (TPSA) is 74.8 Å². The third-order valence-electron chi connectivity index (χ3n) is 5.60. The molecule has 1 aliphatic carbocycles. The van der Waals surface area contributed by atoms with Crippen LogP contribution in [0.4, 0.5) is 8.78 Å². The standard InChI is InChI=1S/C18H26F2N2O4S2/c19-18(20)27(23,24)16-6-8-17(9-7-16)28(25,26)22-12-10-21(11-13-22)14-15-4-2-1-3-5-15/h6-9,15,18H,1-5,10-14H2. The zero-order valence-corrected chi connectivity index (χ0v) is 17.3. The van der Waals surface area contributed by atoms with E-state index >= 15 is 0 Å². The lowest BCUT2D eigenvalue weighted by Gasteiger charge is -2.36. The van der Waals surface area contributed by atoms with Gasteiger partial charge in [-0.2, -0.15) is 13.1 Å². The number of halogens is 2. The van der Waals surface area contributed by atoms with Crippen molar-refractivity contribution in [1.29, 1.82) is 0 Å². The maximum absolute atomic E-state index is 12.8. The zero-order valence-electron chi connectivity index (χ0n) is 15.6. The molecule has 158 valence electrons. The number of hydrogen-bond acceptors (Lipinski definition) is 5. The van der Waals surface area contributed by atoms with E-state index in [0.717, 1.165) is 30.8 Å². The van der Waals surface area contributed by atoms with E-state index in [4.69, 9.17) is 0 Å².